The highest BCUT2D eigenvalue weighted by Crippen LogP contribution is 2.34. The Bertz CT molecular complexity index is 452. The van der Waals surface area contributed by atoms with Crippen molar-refractivity contribution in [3.63, 3.8) is 0 Å². The molecule has 1 heterocycles. The maximum absolute atomic E-state index is 12.1. The highest BCUT2D eigenvalue weighted by molar-refractivity contribution is 14.1. The number of hydrogen-bond acceptors (Lipinski definition) is 5. The molecule has 0 radical (unpaired) electrons. The summed E-state index contributed by atoms with van der Waals surface area (Å²) in [4.78, 5) is 12.9. The molecule has 10 heteroatoms. The Kier molecular flexibility index (Phi) is 4.08. The quantitative estimate of drug-likeness (QED) is 0.384. The van der Waals surface area contributed by atoms with Crippen LogP contribution in [0.15, 0.2) is 6.07 Å². The first kappa shape index (κ1) is 13.9. The van der Waals surface area contributed by atoms with Crippen molar-refractivity contribution in [2.24, 2.45) is 5.73 Å². The molecule has 0 aliphatic heterocycles. The van der Waals surface area contributed by atoms with Crippen molar-refractivity contribution in [3.8, 4) is 5.75 Å². The van der Waals surface area contributed by atoms with Gasteiger partial charge in [0.2, 0.25) is 9.45 Å². The highest BCUT2D eigenvalue weighted by atomic mass is 127. The molecule has 94 valence electrons. The van der Waals surface area contributed by atoms with Crippen LogP contribution in [0.4, 0.5) is 19.0 Å². The summed E-state index contributed by atoms with van der Waals surface area (Å²) in [5.41, 5.74) is 5.08. The molecule has 6 nitrogen and oxygen atoms in total. The minimum absolute atomic E-state index is 0.131. The first-order valence-corrected chi connectivity index (χ1v) is 5.12. The van der Waals surface area contributed by atoms with Crippen LogP contribution in [0.5, 0.6) is 5.75 Å². The number of aromatic nitrogens is 1. The number of halogens is 4. The Balaban J connectivity index is 3.37. The molecule has 0 atom stereocenters. The van der Waals surface area contributed by atoms with E-state index in [1.165, 1.54) is 6.07 Å². The molecule has 1 rings (SSSR count). The lowest BCUT2D eigenvalue weighted by Gasteiger charge is -2.11. The van der Waals surface area contributed by atoms with Gasteiger partial charge in [0.25, 0.3) is 0 Å². The molecule has 2 N–H and O–H groups in total. The Morgan fingerprint density at radius 3 is 2.59 bits per heavy atom. The van der Waals surface area contributed by atoms with E-state index in [0.29, 0.717) is 0 Å². The summed E-state index contributed by atoms with van der Waals surface area (Å²) in [6, 6.07) is 1.19. The predicted octanol–water partition coefficient (Wildman–Crippen LogP) is 1.95. The lowest BCUT2D eigenvalue weighted by molar-refractivity contribution is -0.393. The van der Waals surface area contributed by atoms with Crippen LogP contribution in [0.1, 0.15) is 5.56 Å². The van der Waals surface area contributed by atoms with Gasteiger partial charge in [-0.05, 0) is 9.91 Å². The molecule has 0 fully saturated rings. The van der Waals surface area contributed by atoms with Crippen LogP contribution in [0.3, 0.4) is 0 Å². The maximum atomic E-state index is 12.1. The third-order valence-electron chi connectivity index (χ3n) is 1.61. The second-order valence-corrected chi connectivity index (χ2v) is 3.87. The number of hydrogen-bond donors (Lipinski definition) is 1. The average Bonchev–Trinajstić information content (AvgIpc) is 2.17. The van der Waals surface area contributed by atoms with Gasteiger partial charge in [0, 0.05) is 40.8 Å². The average molecular weight is 363 g/mol. The zero-order valence-electron chi connectivity index (χ0n) is 7.99. The maximum Gasteiger partial charge on any atom is 0.573 e. The summed E-state index contributed by atoms with van der Waals surface area (Å²) in [5.74, 6) is -1.97. The van der Waals surface area contributed by atoms with E-state index >= 15 is 0 Å². The van der Waals surface area contributed by atoms with E-state index in [9.17, 15) is 23.3 Å². The normalized spacial score (nSPS) is 11.4. The van der Waals surface area contributed by atoms with E-state index in [1.807, 2.05) is 0 Å². The van der Waals surface area contributed by atoms with Crippen molar-refractivity contribution in [2.45, 2.75) is 12.9 Å². The standard InChI is InChI=1S/C7H5F3IN3O3/c8-7(9,10)17-5-3(2-12)1-4(11)13-6(5)14(15)16/h1H,2,12H2. The van der Waals surface area contributed by atoms with Gasteiger partial charge in [0.1, 0.15) is 0 Å². The molecular weight excluding hydrogens is 358 g/mol. The van der Waals surface area contributed by atoms with E-state index in [0.717, 1.165) is 0 Å². The van der Waals surface area contributed by atoms with E-state index in [4.69, 9.17) is 5.73 Å². The first-order valence-electron chi connectivity index (χ1n) is 4.04. The van der Waals surface area contributed by atoms with Crippen LogP contribution >= 0.6 is 22.6 Å². The fourth-order valence-electron chi connectivity index (χ4n) is 1.04. The van der Waals surface area contributed by atoms with Gasteiger partial charge in [-0.25, -0.2) is 0 Å². The fraction of sp³-hybridized carbons (Fsp3) is 0.286. The van der Waals surface area contributed by atoms with E-state index in [1.54, 1.807) is 22.6 Å². The number of nitro groups is 1. The fourth-order valence-corrected chi connectivity index (χ4v) is 1.64. The minimum Gasteiger partial charge on any atom is -0.396 e. The molecular formula is C7H5F3IN3O3. The molecule has 17 heavy (non-hydrogen) atoms. The van der Waals surface area contributed by atoms with Crippen molar-refractivity contribution in [2.75, 3.05) is 0 Å². The van der Waals surface area contributed by atoms with E-state index in [-0.39, 0.29) is 15.8 Å². The number of ether oxygens (including phenoxy) is 1. The number of pyridine rings is 1. The molecule has 0 bridgehead atoms. The molecule has 0 spiro atoms. The summed E-state index contributed by atoms with van der Waals surface area (Å²) in [6.45, 7) is -0.329. The minimum atomic E-state index is -5.04. The number of nitrogens with two attached hydrogens (primary N) is 1. The van der Waals surface area contributed by atoms with Gasteiger partial charge in [0.05, 0.1) is 0 Å². The molecule has 1 aromatic rings. The zero-order valence-corrected chi connectivity index (χ0v) is 10.2. The Labute approximate surface area is 106 Å². The van der Waals surface area contributed by atoms with Crippen LogP contribution in [-0.2, 0) is 6.54 Å². The molecule has 0 saturated carbocycles. The first-order chi connectivity index (χ1) is 7.74. The van der Waals surface area contributed by atoms with Crippen LogP contribution in [0, 0.1) is 13.8 Å². The van der Waals surface area contributed by atoms with Gasteiger partial charge < -0.3 is 20.6 Å². The third-order valence-corrected chi connectivity index (χ3v) is 2.16. The van der Waals surface area contributed by atoms with Crippen molar-refractivity contribution in [1.82, 2.24) is 4.98 Å². The Hall–Kier alpha value is -1.17. The molecule has 0 saturated heterocycles. The summed E-state index contributed by atoms with van der Waals surface area (Å²) < 4.78 is 40.0. The summed E-state index contributed by atoms with van der Waals surface area (Å²) in [5, 5.41) is 10.6. The van der Waals surface area contributed by atoms with Crippen LogP contribution < -0.4 is 10.5 Å². The molecule has 1 aromatic heterocycles. The van der Waals surface area contributed by atoms with Gasteiger partial charge in [0.15, 0.2) is 0 Å². The van der Waals surface area contributed by atoms with E-state index in [2.05, 4.69) is 9.72 Å². The van der Waals surface area contributed by atoms with Gasteiger partial charge in [-0.15, -0.1) is 13.2 Å². The van der Waals surface area contributed by atoms with E-state index < -0.39 is 22.9 Å². The second-order valence-electron chi connectivity index (χ2n) is 2.77. The molecule has 0 aromatic carbocycles. The predicted molar refractivity (Wildman–Crippen MR) is 58.2 cm³/mol. The summed E-state index contributed by atoms with van der Waals surface area (Å²) >= 11 is 1.63. The van der Waals surface area contributed by atoms with Gasteiger partial charge in [-0.3, -0.25) is 0 Å². The smallest absolute Gasteiger partial charge is 0.396 e. The summed E-state index contributed by atoms with van der Waals surface area (Å²) in [6.07, 6.45) is -5.04. The largest absolute Gasteiger partial charge is 0.573 e. The lowest BCUT2D eigenvalue weighted by atomic mass is 10.2. The van der Waals surface area contributed by atoms with Crippen molar-refractivity contribution >= 4 is 28.4 Å². The monoisotopic (exact) mass is 363 g/mol. The van der Waals surface area contributed by atoms with Crippen LogP contribution in [0.25, 0.3) is 0 Å². The van der Waals surface area contributed by atoms with Gasteiger partial charge in [-0.2, -0.15) is 0 Å². The number of alkyl halides is 3. The Morgan fingerprint density at radius 2 is 2.18 bits per heavy atom. The van der Waals surface area contributed by atoms with Crippen LogP contribution in [-0.4, -0.2) is 16.3 Å². The molecule has 0 amide bonds. The number of nitrogens with zero attached hydrogens (tertiary/aromatic N) is 2. The topological polar surface area (TPSA) is 91.3 Å². The summed E-state index contributed by atoms with van der Waals surface area (Å²) in [7, 11) is 0. The van der Waals surface area contributed by atoms with Crippen molar-refractivity contribution < 1.29 is 22.8 Å². The molecule has 0 aliphatic rings. The lowest BCUT2D eigenvalue weighted by Crippen LogP contribution is -2.20. The number of rotatable bonds is 3. The van der Waals surface area contributed by atoms with Gasteiger partial charge >= 0.3 is 12.2 Å². The SMILES string of the molecule is NCc1cc(I)nc([N+](=O)[O-])c1OC(F)(F)F. The second kappa shape index (κ2) is 5.00. The molecule has 0 aliphatic carbocycles. The van der Waals surface area contributed by atoms with Gasteiger partial charge in [-0.1, -0.05) is 0 Å². The zero-order chi connectivity index (χ0) is 13.2. The third kappa shape index (κ3) is 3.66. The van der Waals surface area contributed by atoms with Crippen molar-refractivity contribution in [1.29, 1.82) is 0 Å². The highest BCUT2D eigenvalue weighted by Gasteiger charge is 2.36. The van der Waals surface area contributed by atoms with Crippen LogP contribution in [0.2, 0.25) is 0 Å². The Morgan fingerprint density at radius 1 is 1.59 bits per heavy atom. The molecule has 0 unspecified atom stereocenters. The van der Waals surface area contributed by atoms with Crippen molar-refractivity contribution in [3.05, 3.63) is 25.4 Å².